The number of hydrogen-bond donors (Lipinski definition) is 1. The standard InChI is InChI=1S/C14H18Br2N2O/c1-18(11-3-2-7-17-8-6-11)14(19)12-9-10(15)4-5-13(12)16/h4-5,9,11,17H,2-3,6-8H2,1H3. The van der Waals surface area contributed by atoms with Crippen molar-refractivity contribution in [1.82, 2.24) is 10.2 Å². The molecule has 0 radical (unpaired) electrons. The van der Waals surface area contributed by atoms with Crippen molar-refractivity contribution in [2.45, 2.75) is 25.3 Å². The highest BCUT2D eigenvalue weighted by Gasteiger charge is 2.23. The van der Waals surface area contributed by atoms with Crippen LogP contribution in [-0.2, 0) is 0 Å². The summed E-state index contributed by atoms with van der Waals surface area (Å²) in [6.45, 7) is 2.04. The van der Waals surface area contributed by atoms with E-state index in [4.69, 9.17) is 0 Å². The average molecular weight is 390 g/mol. The summed E-state index contributed by atoms with van der Waals surface area (Å²) in [5.41, 5.74) is 0.717. The van der Waals surface area contributed by atoms with Gasteiger partial charge in [0.15, 0.2) is 0 Å². The number of carbonyl (C=O) groups is 1. The lowest BCUT2D eigenvalue weighted by Gasteiger charge is -2.27. The molecule has 0 spiro atoms. The zero-order valence-corrected chi connectivity index (χ0v) is 14.1. The van der Waals surface area contributed by atoms with E-state index < -0.39 is 0 Å². The second kappa shape index (κ2) is 6.86. The Hall–Kier alpha value is -0.390. The molecule has 1 fully saturated rings. The third kappa shape index (κ3) is 3.80. The highest BCUT2D eigenvalue weighted by Crippen LogP contribution is 2.24. The number of nitrogens with zero attached hydrogens (tertiary/aromatic N) is 1. The van der Waals surface area contributed by atoms with Gasteiger partial charge in [0.05, 0.1) is 5.56 Å². The van der Waals surface area contributed by atoms with Crippen LogP contribution in [0.5, 0.6) is 0 Å². The summed E-state index contributed by atoms with van der Waals surface area (Å²) in [6, 6.07) is 6.03. The topological polar surface area (TPSA) is 32.3 Å². The zero-order valence-electron chi connectivity index (χ0n) is 11.0. The van der Waals surface area contributed by atoms with E-state index in [0.29, 0.717) is 11.6 Å². The SMILES string of the molecule is CN(C(=O)c1cc(Br)ccc1Br)C1CCCNCC1. The molecule has 1 N–H and O–H groups in total. The normalized spacial score (nSPS) is 19.8. The summed E-state index contributed by atoms with van der Waals surface area (Å²) in [6.07, 6.45) is 3.22. The van der Waals surface area contributed by atoms with Crippen LogP contribution in [0.3, 0.4) is 0 Å². The van der Waals surface area contributed by atoms with Gasteiger partial charge in [-0.1, -0.05) is 15.9 Å². The largest absolute Gasteiger partial charge is 0.339 e. The molecule has 1 atom stereocenters. The van der Waals surface area contributed by atoms with Gasteiger partial charge < -0.3 is 10.2 Å². The van der Waals surface area contributed by atoms with Gasteiger partial charge in [0.2, 0.25) is 0 Å². The highest BCUT2D eigenvalue weighted by molar-refractivity contribution is 9.11. The molecule has 1 aromatic carbocycles. The van der Waals surface area contributed by atoms with Gasteiger partial charge in [-0.25, -0.2) is 0 Å². The molecule has 1 amide bonds. The van der Waals surface area contributed by atoms with E-state index in [0.717, 1.165) is 41.3 Å². The summed E-state index contributed by atoms with van der Waals surface area (Å²) >= 11 is 6.88. The highest BCUT2D eigenvalue weighted by atomic mass is 79.9. The molecule has 0 bridgehead atoms. The summed E-state index contributed by atoms with van der Waals surface area (Å²) in [5.74, 6) is 0.0834. The Morgan fingerprint density at radius 2 is 2.11 bits per heavy atom. The maximum Gasteiger partial charge on any atom is 0.255 e. The van der Waals surface area contributed by atoms with Crippen LogP contribution in [0, 0.1) is 0 Å². The maximum absolute atomic E-state index is 12.6. The lowest BCUT2D eigenvalue weighted by molar-refractivity contribution is 0.0719. The Bertz CT molecular complexity index is 457. The van der Waals surface area contributed by atoms with Crippen LogP contribution < -0.4 is 5.32 Å². The monoisotopic (exact) mass is 388 g/mol. The number of benzene rings is 1. The van der Waals surface area contributed by atoms with E-state index in [1.807, 2.05) is 30.1 Å². The van der Waals surface area contributed by atoms with E-state index in [-0.39, 0.29) is 5.91 Å². The minimum Gasteiger partial charge on any atom is -0.339 e. The van der Waals surface area contributed by atoms with Gasteiger partial charge in [0.25, 0.3) is 5.91 Å². The van der Waals surface area contributed by atoms with Crippen molar-refractivity contribution in [3.63, 3.8) is 0 Å². The number of amides is 1. The van der Waals surface area contributed by atoms with Crippen LogP contribution in [-0.4, -0.2) is 37.0 Å². The van der Waals surface area contributed by atoms with E-state index in [9.17, 15) is 4.79 Å². The van der Waals surface area contributed by atoms with E-state index in [2.05, 4.69) is 37.2 Å². The Kier molecular flexibility index (Phi) is 5.42. The van der Waals surface area contributed by atoms with Gasteiger partial charge in [-0.2, -0.15) is 0 Å². The molecule has 1 saturated heterocycles. The number of carbonyl (C=O) groups excluding carboxylic acids is 1. The minimum absolute atomic E-state index is 0.0834. The van der Waals surface area contributed by atoms with E-state index in [1.54, 1.807) is 0 Å². The number of hydrogen-bond acceptors (Lipinski definition) is 2. The molecule has 3 nitrogen and oxygen atoms in total. The molecule has 104 valence electrons. The second-order valence-electron chi connectivity index (χ2n) is 4.87. The Balaban J connectivity index is 2.15. The van der Waals surface area contributed by atoms with Gasteiger partial charge >= 0.3 is 0 Å². The second-order valence-corrected chi connectivity index (χ2v) is 6.64. The van der Waals surface area contributed by atoms with Crippen molar-refractivity contribution < 1.29 is 4.79 Å². The quantitative estimate of drug-likeness (QED) is 0.840. The van der Waals surface area contributed by atoms with Crippen molar-refractivity contribution in [3.05, 3.63) is 32.7 Å². The molecule has 1 heterocycles. The van der Waals surface area contributed by atoms with Crippen molar-refractivity contribution in [3.8, 4) is 0 Å². The zero-order chi connectivity index (χ0) is 13.8. The van der Waals surface area contributed by atoms with Gasteiger partial charge in [-0.15, -0.1) is 0 Å². The fraction of sp³-hybridized carbons (Fsp3) is 0.500. The maximum atomic E-state index is 12.6. The molecule has 1 aliphatic heterocycles. The third-order valence-corrected chi connectivity index (χ3v) is 4.76. The van der Waals surface area contributed by atoms with E-state index in [1.165, 1.54) is 0 Å². The Morgan fingerprint density at radius 3 is 2.89 bits per heavy atom. The molecule has 1 aliphatic rings. The third-order valence-electron chi connectivity index (χ3n) is 3.57. The Morgan fingerprint density at radius 1 is 1.32 bits per heavy atom. The molecule has 0 saturated carbocycles. The molecule has 1 aromatic rings. The minimum atomic E-state index is 0.0834. The lowest BCUT2D eigenvalue weighted by atomic mass is 10.1. The van der Waals surface area contributed by atoms with Crippen molar-refractivity contribution in [1.29, 1.82) is 0 Å². The predicted octanol–water partition coefficient (Wildman–Crippen LogP) is 3.43. The van der Waals surface area contributed by atoms with Crippen LogP contribution in [0.4, 0.5) is 0 Å². The fourth-order valence-electron chi connectivity index (χ4n) is 2.41. The summed E-state index contributed by atoms with van der Waals surface area (Å²) < 4.78 is 1.77. The van der Waals surface area contributed by atoms with E-state index >= 15 is 0 Å². The van der Waals surface area contributed by atoms with Gasteiger partial charge in [0, 0.05) is 22.0 Å². The van der Waals surface area contributed by atoms with Crippen molar-refractivity contribution >= 4 is 37.8 Å². The molecule has 1 unspecified atom stereocenters. The first-order chi connectivity index (χ1) is 9.09. The molecule has 19 heavy (non-hydrogen) atoms. The van der Waals surface area contributed by atoms with Crippen LogP contribution in [0.1, 0.15) is 29.6 Å². The first-order valence-electron chi connectivity index (χ1n) is 6.52. The van der Waals surface area contributed by atoms with Crippen LogP contribution in [0.2, 0.25) is 0 Å². The molecule has 2 rings (SSSR count). The first-order valence-corrected chi connectivity index (χ1v) is 8.11. The molecule has 0 aromatic heterocycles. The fourth-order valence-corrected chi connectivity index (χ4v) is 3.18. The molecule has 5 heteroatoms. The van der Waals surface area contributed by atoms with Crippen LogP contribution in [0.25, 0.3) is 0 Å². The van der Waals surface area contributed by atoms with Crippen LogP contribution >= 0.6 is 31.9 Å². The molecule has 0 aliphatic carbocycles. The first kappa shape index (κ1) is 15.0. The summed E-state index contributed by atoms with van der Waals surface area (Å²) in [7, 11) is 1.91. The summed E-state index contributed by atoms with van der Waals surface area (Å²) in [4.78, 5) is 14.5. The number of nitrogens with one attached hydrogen (secondary N) is 1. The van der Waals surface area contributed by atoms with Crippen LogP contribution in [0.15, 0.2) is 27.1 Å². The van der Waals surface area contributed by atoms with Gasteiger partial charge in [-0.3, -0.25) is 4.79 Å². The molecular formula is C14H18Br2N2O. The smallest absolute Gasteiger partial charge is 0.255 e. The Labute approximate surface area is 131 Å². The summed E-state index contributed by atoms with van der Waals surface area (Å²) in [5, 5.41) is 3.38. The van der Waals surface area contributed by atoms with Gasteiger partial charge in [-0.05, 0) is 66.5 Å². The average Bonchev–Trinajstić information content (AvgIpc) is 2.69. The van der Waals surface area contributed by atoms with Gasteiger partial charge in [0.1, 0.15) is 0 Å². The predicted molar refractivity (Wildman–Crippen MR) is 84.4 cm³/mol. The lowest BCUT2D eigenvalue weighted by Crippen LogP contribution is -2.37. The van der Waals surface area contributed by atoms with Crippen molar-refractivity contribution in [2.75, 3.05) is 20.1 Å². The molecular weight excluding hydrogens is 372 g/mol. The number of rotatable bonds is 2. The van der Waals surface area contributed by atoms with Crippen molar-refractivity contribution in [2.24, 2.45) is 0 Å². The number of halogens is 2.